The van der Waals surface area contributed by atoms with Crippen LogP contribution in [0.1, 0.15) is 97.2 Å². The summed E-state index contributed by atoms with van der Waals surface area (Å²) < 4.78 is 6.98. The molecule has 2 nitrogen and oxygen atoms in total. The van der Waals surface area contributed by atoms with Gasteiger partial charge in [-0.05, 0) is 126 Å². The lowest BCUT2D eigenvalue weighted by Crippen LogP contribution is -2.34. The number of para-hydroxylation sites is 1. The van der Waals surface area contributed by atoms with Gasteiger partial charge in [-0.3, -0.25) is 0 Å². The van der Waals surface area contributed by atoms with Crippen molar-refractivity contribution in [3.63, 3.8) is 0 Å². The van der Waals surface area contributed by atoms with Crippen LogP contribution in [-0.4, -0.2) is 0 Å². The van der Waals surface area contributed by atoms with Gasteiger partial charge in [0.25, 0.3) is 0 Å². The first-order valence-corrected chi connectivity index (χ1v) is 25.8. The Morgan fingerprint density at radius 3 is 1.56 bits per heavy atom. The van der Waals surface area contributed by atoms with E-state index >= 15 is 0 Å². The van der Waals surface area contributed by atoms with Gasteiger partial charge in [-0.25, -0.2) is 0 Å². The zero-order valence-electron chi connectivity index (χ0n) is 41.1. The first kappa shape index (κ1) is 43.4. The highest BCUT2D eigenvalue weighted by atomic mass is 32.2. The Morgan fingerprint density at radius 1 is 0.380 bits per heavy atom. The van der Waals surface area contributed by atoms with Gasteiger partial charge in [0.1, 0.15) is 11.5 Å². The molecule has 0 aromatic heterocycles. The van der Waals surface area contributed by atoms with Gasteiger partial charge in [-0.1, -0.05) is 223 Å². The maximum atomic E-state index is 6.98. The van der Waals surface area contributed by atoms with E-state index in [9.17, 15) is 0 Å². The van der Waals surface area contributed by atoms with Crippen LogP contribution in [0.25, 0.3) is 21.9 Å². The minimum absolute atomic E-state index is 0.0499. The number of anilines is 3. The van der Waals surface area contributed by atoms with Crippen LogP contribution < -0.4 is 9.64 Å². The summed E-state index contributed by atoms with van der Waals surface area (Å²) in [6.45, 7) is 14.0. The summed E-state index contributed by atoms with van der Waals surface area (Å²) in [7, 11) is 0. The number of ether oxygens (including phenoxy) is 1. The van der Waals surface area contributed by atoms with Gasteiger partial charge in [-0.15, -0.1) is 0 Å². The van der Waals surface area contributed by atoms with Crippen LogP contribution in [0, 0.1) is 0 Å². The van der Waals surface area contributed by atoms with E-state index in [0.29, 0.717) is 0 Å². The number of rotatable bonds is 5. The van der Waals surface area contributed by atoms with E-state index < -0.39 is 10.8 Å². The van der Waals surface area contributed by atoms with Gasteiger partial charge in [0.15, 0.2) is 0 Å². The minimum Gasteiger partial charge on any atom is -0.457 e. The Hall–Kier alpha value is -7.59. The molecule has 13 rings (SSSR count). The van der Waals surface area contributed by atoms with Crippen LogP contribution in [-0.2, 0) is 21.7 Å². The molecule has 1 spiro atoms. The van der Waals surface area contributed by atoms with Crippen LogP contribution in [0.15, 0.2) is 234 Å². The van der Waals surface area contributed by atoms with Gasteiger partial charge in [0.05, 0.1) is 16.5 Å². The molecule has 0 amide bonds. The molecule has 3 aliphatic rings. The Kier molecular flexibility index (Phi) is 9.77. The second kappa shape index (κ2) is 16.0. The molecule has 0 saturated carbocycles. The third-order valence-corrected chi connectivity index (χ3v) is 16.7. The van der Waals surface area contributed by atoms with E-state index in [1.165, 1.54) is 76.2 Å². The monoisotopic (exact) mass is 933 g/mol. The van der Waals surface area contributed by atoms with Crippen molar-refractivity contribution in [3.05, 3.63) is 280 Å². The van der Waals surface area contributed by atoms with Crippen LogP contribution in [0.3, 0.4) is 0 Å². The number of fused-ring (bicyclic) bond motifs is 12. The van der Waals surface area contributed by atoms with Crippen molar-refractivity contribution in [2.24, 2.45) is 0 Å². The summed E-state index contributed by atoms with van der Waals surface area (Å²) in [4.78, 5) is 5.08. The van der Waals surface area contributed by atoms with Crippen LogP contribution in [0.2, 0.25) is 0 Å². The number of hydrogen-bond acceptors (Lipinski definition) is 3. The van der Waals surface area contributed by atoms with Crippen molar-refractivity contribution in [3.8, 4) is 22.6 Å². The normalized spacial score (nSPS) is 14.6. The van der Waals surface area contributed by atoms with E-state index in [1.54, 1.807) is 0 Å². The summed E-state index contributed by atoms with van der Waals surface area (Å²) in [6, 6.07) is 84.1. The van der Waals surface area contributed by atoms with Gasteiger partial charge in [-0.2, -0.15) is 0 Å². The third-order valence-electron chi connectivity index (χ3n) is 15.6. The zero-order valence-corrected chi connectivity index (χ0v) is 41.9. The highest BCUT2D eigenvalue weighted by molar-refractivity contribution is 7.99. The summed E-state index contributed by atoms with van der Waals surface area (Å²) in [6.07, 6.45) is 0. The first-order valence-electron chi connectivity index (χ1n) is 25.0. The van der Waals surface area contributed by atoms with Crippen molar-refractivity contribution in [2.45, 2.75) is 73.0 Å². The molecule has 0 atom stereocenters. The topological polar surface area (TPSA) is 12.5 Å². The first-order chi connectivity index (χ1) is 34.5. The van der Waals surface area contributed by atoms with E-state index in [2.05, 4.69) is 271 Å². The predicted molar refractivity (Wildman–Crippen MR) is 296 cm³/mol. The fourth-order valence-corrected chi connectivity index (χ4v) is 13.3. The molecule has 10 aromatic carbocycles. The summed E-state index contributed by atoms with van der Waals surface area (Å²) >= 11 is 1.90. The highest BCUT2D eigenvalue weighted by Gasteiger charge is 2.52. The van der Waals surface area contributed by atoms with E-state index in [4.69, 9.17) is 4.74 Å². The predicted octanol–water partition coefficient (Wildman–Crippen LogP) is 18.2. The lowest BCUT2D eigenvalue weighted by Gasteiger charge is -2.42. The zero-order chi connectivity index (χ0) is 48.3. The quantitative estimate of drug-likeness (QED) is 0.171. The number of hydrogen-bond donors (Lipinski definition) is 0. The Morgan fingerprint density at radius 2 is 0.901 bits per heavy atom. The Bertz CT molecular complexity index is 3640. The van der Waals surface area contributed by atoms with Crippen molar-refractivity contribution in [2.75, 3.05) is 4.90 Å². The molecule has 0 saturated heterocycles. The molecule has 0 bridgehead atoms. The van der Waals surface area contributed by atoms with Crippen LogP contribution in [0.5, 0.6) is 11.5 Å². The smallest absolute Gasteiger partial charge is 0.132 e. The van der Waals surface area contributed by atoms with Gasteiger partial charge >= 0.3 is 0 Å². The summed E-state index contributed by atoms with van der Waals surface area (Å²) in [5, 5.41) is 2.37. The number of nitrogens with zero attached hydrogens (tertiary/aromatic N) is 1. The molecule has 0 fully saturated rings. The standard InChI is InChI=1S/C68H55NOS/c1-65(2,3)47-32-36-52-53-37-33-48(66(4,5)6)41-57(53)68(56(52)40-47)55-28-16-18-31-63(55)71-64-39-35-50(43-59(64)68)69(60-29-19-21-44-20-13-14-26-51(44)60)49-34-38-62-58(42-49)67(45-22-9-7-10-23-45,46-24-11-8-12-25-46)54-27-15-17-30-61(54)70-62/h7-43H,1-6H3. The molecule has 0 N–H and O–H groups in total. The second-order valence-electron chi connectivity index (χ2n) is 21.6. The molecular weight excluding hydrogens is 879 g/mol. The minimum atomic E-state index is -0.680. The Labute approximate surface area is 422 Å². The molecule has 2 aliphatic heterocycles. The molecule has 0 unspecified atom stereocenters. The largest absolute Gasteiger partial charge is 0.457 e. The molecule has 344 valence electrons. The van der Waals surface area contributed by atoms with Gasteiger partial charge in [0.2, 0.25) is 0 Å². The SMILES string of the molecule is CC(C)(C)c1ccc2c(c1)C1(c3ccccc3Sc3ccc(N(c4ccc5c(c4)C(c4ccccc4)(c4ccccc4)c4ccccc4O5)c4cccc5ccccc45)cc31)c1cc(C(C)(C)C)ccc1-2. The molecule has 0 radical (unpaired) electrons. The third kappa shape index (κ3) is 6.48. The van der Waals surface area contributed by atoms with E-state index in [1.807, 2.05) is 11.8 Å². The maximum Gasteiger partial charge on any atom is 0.132 e. The van der Waals surface area contributed by atoms with Crippen molar-refractivity contribution in [1.82, 2.24) is 0 Å². The average Bonchev–Trinajstić information content (AvgIpc) is 3.68. The van der Waals surface area contributed by atoms with Crippen molar-refractivity contribution < 1.29 is 4.74 Å². The number of benzene rings is 10. The second-order valence-corrected chi connectivity index (χ2v) is 22.7. The average molecular weight is 934 g/mol. The molecular formula is C68H55NOS. The molecule has 71 heavy (non-hydrogen) atoms. The summed E-state index contributed by atoms with van der Waals surface area (Å²) in [5.41, 5.74) is 17.1. The van der Waals surface area contributed by atoms with Crippen molar-refractivity contribution >= 4 is 39.6 Å². The fraction of sp³-hybridized carbons (Fsp3) is 0.147. The van der Waals surface area contributed by atoms with Crippen LogP contribution >= 0.6 is 11.8 Å². The van der Waals surface area contributed by atoms with Crippen molar-refractivity contribution in [1.29, 1.82) is 0 Å². The van der Waals surface area contributed by atoms with Gasteiger partial charge < -0.3 is 9.64 Å². The molecule has 3 heteroatoms. The Balaban J connectivity index is 1.12. The summed E-state index contributed by atoms with van der Waals surface area (Å²) in [5.74, 6) is 1.71. The van der Waals surface area contributed by atoms with E-state index in [-0.39, 0.29) is 10.8 Å². The van der Waals surface area contributed by atoms with Gasteiger partial charge in [0, 0.05) is 37.7 Å². The maximum absolute atomic E-state index is 6.98. The van der Waals surface area contributed by atoms with E-state index in [0.717, 1.165) is 39.7 Å². The van der Waals surface area contributed by atoms with Crippen LogP contribution in [0.4, 0.5) is 17.1 Å². The molecule has 1 aliphatic carbocycles. The lowest BCUT2D eigenvalue weighted by atomic mass is 9.63. The lowest BCUT2D eigenvalue weighted by molar-refractivity contribution is 0.434. The molecule has 2 heterocycles. The highest BCUT2D eigenvalue weighted by Crippen LogP contribution is 2.64. The molecule has 10 aromatic rings. The fourth-order valence-electron chi connectivity index (χ4n) is 12.2.